The van der Waals surface area contributed by atoms with Gasteiger partial charge in [0, 0.05) is 18.3 Å². The van der Waals surface area contributed by atoms with Gasteiger partial charge in [-0.1, -0.05) is 42.3 Å². The number of hydrogen-bond acceptors (Lipinski definition) is 2. The van der Waals surface area contributed by atoms with E-state index in [4.69, 9.17) is 4.74 Å². The van der Waals surface area contributed by atoms with E-state index in [9.17, 15) is 0 Å². The van der Waals surface area contributed by atoms with E-state index >= 15 is 0 Å². The minimum absolute atomic E-state index is 0.764. The Hall–Kier alpha value is -1.96. The largest absolute Gasteiger partial charge is 0.494 e. The maximum Gasteiger partial charge on any atom is 0.121 e. The second-order valence-corrected chi connectivity index (χ2v) is 5.23. The maximum absolute atomic E-state index is 5.65. The molecular weight excluding hydrogens is 246 g/mol. The Morgan fingerprint density at radius 1 is 1.00 bits per heavy atom. The predicted molar refractivity (Wildman–Crippen MR) is 85.5 cm³/mol. The number of rotatable bonds is 6. The van der Waals surface area contributed by atoms with Crippen LogP contribution in [0.1, 0.15) is 30.0 Å². The number of hydrogen-bond donors (Lipinski definition) is 1. The standard InChI is InChI=1S/C18H23NO/c1-4-8-20-18-7-5-6-17(12-18)19-13-16-10-14(2)9-15(3)11-16/h5-7,9-12,19H,4,8,13H2,1-3H3. The molecule has 2 heteroatoms. The van der Waals surface area contributed by atoms with Gasteiger partial charge in [-0.15, -0.1) is 0 Å². The van der Waals surface area contributed by atoms with E-state index in [-0.39, 0.29) is 0 Å². The van der Waals surface area contributed by atoms with Crippen LogP contribution in [0.25, 0.3) is 0 Å². The lowest BCUT2D eigenvalue weighted by Crippen LogP contribution is -2.01. The monoisotopic (exact) mass is 269 g/mol. The molecule has 20 heavy (non-hydrogen) atoms. The average molecular weight is 269 g/mol. The van der Waals surface area contributed by atoms with Crippen LogP contribution < -0.4 is 10.1 Å². The molecule has 2 aromatic carbocycles. The van der Waals surface area contributed by atoms with E-state index in [1.165, 1.54) is 16.7 Å². The first-order valence-corrected chi connectivity index (χ1v) is 7.21. The summed E-state index contributed by atoms with van der Waals surface area (Å²) in [5.74, 6) is 0.928. The molecule has 0 fully saturated rings. The van der Waals surface area contributed by atoms with Crippen molar-refractivity contribution in [1.29, 1.82) is 0 Å². The van der Waals surface area contributed by atoms with Crippen molar-refractivity contribution in [3.63, 3.8) is 0 Å². The van der Waals surface area contributed by atoms with Gasteiger partial charge in [-0.25, -0.2) is 0 Å². The van der Waals surface area contributed by atoms with Crippen LogP contribution in [-0.2, 0) is 6.54 Å². The Morgan fingerprint density at radius 2 is 1.75 bits per heavy atom. The highest BCUT2D eigenvalue weighted by Crippen LogP contribution is 2.18. The summed E-state index contributed by atoms with van der Waals surface area (Å²) in [6.07, 6.45) is 1.03. The van der Waals surface area contributed by atoms with Crippen LogP contribution >= 0.6 is 0 Å². The lowest BCUT2D eigenvalue weighted by molar-refractivity contribution is 0.317. The van der Waals surface area contributed by atoms with Gasteiger partial charge in [-0.05, 0) is 38.0 Å². The molecule has 2 aromatic rings. The van der Waals surface area contributed by atoms with Gasteiger partial charge in [0.2, 0.25) is 0 Å². The van der Waals surface area contributed by atoms with E-state index in [1.54, 1.807) is 0 Å². The number of nitrogens with one attached hydrogen (secondary N) is 1. The molecule has 0 radical (unpaired) electrons. The predicted octanol–water partition coefficient (Wildman–Crippen LogP) is 4.70. The van der Waals surface area contributed by atoms with Gasteiger partial charge in [0.15, 0.2) is 0 Å². The summed E-state index contributed by atoms with van der Waals surface area (Å²) in [4.78, 5) is 0. The van der Waals surface area contributed by atoms with Crippen molar-refractivity contribution in [2.45, 2.75) is 33.7 Å². The Kier molecular flexibility index (Phi) is 5.05. The third-order valence-electron chi connectivity index (χ3n) is 3.08. The molecule has 0 saturated heterocycles. The van der Waals surface area contributed by atoms with E-state index in [2.05, 4.69) is 56.4 Å². The smallest absolute Gasteiger partial charge is 0.121 e. The van der Waals surface area contributed by atoms with Crippen molar-refractivity contribution in [3.05, 3.63) is 59.2 Å². The average Bonchev–Trinajstić information content (AvgIpc) is 2.42. The molecule has 0 aliphatic rings. The first-order valence-electron chi connectivity index (χ1n) is 7.21. The fourth-order valence-corrected chi connectivity index (χ4v) is 2.29. The Balaban J connectivity index is 1.99. The number of ether oxygens (including phenoxy) is 1. The van der Waals surface area contributed by atoms with E-state index in [0.29, 0.717) is 0 Å². The molecule has 0 heterocycles. The highest BCUT2D eigenvalue weighted by molar-refractivity contribution is 5.48. The second kappa shape index (κ2) is 6.99. The molecule has 0 unspecified atom stereocenters. The van der Waals surface area contributed by atoms with Gasteiger partial charge >= 0.3 is 0 Å². The van der Waals surface area contributed by atoms with Gasteiger partial charge < -0.3 is 10.1 Å². The summed E-state index contributed by atoms with van der Waals surface area (Å²) in [6.45, 7) is 7.98. The molecule has 1 N–H and O–H groups in total. The molecule has 0 spiro atoms. The van der Waals surface area contributed by atoms with E-state index in [1.807, 2.05) is 12.1 Å². The number of anilines is 1. The zero-order chi connectivity index (χ0) is 14.4. The molecular formula is C18H23NO. The molecule has 2 rings (SSSR count). The van der Waals surface area contributed by atoms with Crippen molar-refractivity contribution in [2.24, 2.45) is 0 Å². The minimum atomic E-state index is 0.764. The highest BCUT2D eigenvalue weighted by atomic mass is 16.5. The summed E-state index contributed by atoms with van der Waals surface area (Å²) < 4.78 is 5.65. The zero-order valence-corrected chi connectivity index (χ0v) is 12.6. The van der Waals surface area contributed by atoms with Crippen molar-refractivity contribution in [2.75, 3.05) is 11.9 Å². The van der Waals surface area contributed by atoms with Crippen LogP contribution in [0.5, 0.6) is 5.75 Å². The van der Waals surface area contributed by atoms with Gasteiger partial charge in [-0.2, -0.15) is 0 Å². The fourth-order valence-electron chi connectivity index (χ4n) is 2.29. The van der Waals surface area contributed by atoms with Crippen LogP contribution in [0.2, 0.25) is 0 Å². The topological polar surface area (TPSA) is 21.3 Å². The van der Waals surface area contributed by atoms with Crippen molar-refractivity contribution >= 4 is 5.69 Å². The lowest BCUT2D eigenvalue weighted by Gasteiger charge is -2.10. The quantitative estimate of drug-likeness (QED) is 0.820. The van der Waals surface area contributed by atoms with Crippen molar-refractivity contribution < 1.29 is 4.74 Å². The van der Waals surface area contributed by atoms with Crippen molar-refractivity contribution in [3.8, 4) is 5.75 Å². The van der Waals surface area contributed by atoms with Crippen LogP contribution in [0.3, 0.4) is 0 Å². The minimum Gasteiger partial charge on any atom is -0.494 e. The van der Waals surface area contributed by atoms with Gasteiger partial charge in [0.25, 0.3) is 0 Å². The van der Waals surface area contributed by atoms with E-state index < -0.39 is 0 Å². The molecule has 0 aliphatic heterocycles. The van der Waals surface area contributed by atoms with E-state index in [0.717, 1.165) is 31.0 Å². The molecule has 0 bridgehead atoms. The molecule has 0 saturated carbocycles. The molecule has 0 atom stereocenters. The summed E-state index contributed by atoms with van der Waals surface area (Å²) in [7, 11) is 0. The number of benzene rings is 2. The van der Waals surface area contributed by atoms with Gasteiger partial charge in [-0.3, -0.25) is 0 Å². The van der Waals surface area contributed by atoms with Crippen LogP contribution in [0, 0.1) is 13.8 Å². The summed E-state index contributed by atoms with van der Waals surface area (Å²) in [6, 6.07) is 14.8. The summed E-state index contributed by atoms with van der Waals surface area (Å²) in [5, 5.41) is 3.45. The molecule has 106 valence electrons. The fraction of sp³-hybridized carbons (Fsp3) is 0.333. The molecule has 0 aliphatic carbocycles. The third-order valence-corrected chi connectivity index (χ3v) is 3.08. The third kappa shape index (κ3) is 4.30. The first kappa shape index (κ1) is 14.4. The molecule has 0 amide bonds. The molecule has 2 nitrogen and oxygen atoms in total. The van der Waals surface area contributed by atoms with Crippen LogP contribution in [0.4, 0.5) is 5.69 Å². The summed E-state index contributed by atoms with van der Waals surface area (Å²) >= 11 is 0. The maximum atomic E-state index is 5.65. The Bertz CT molecular complexity index is 543. The first-order chi connectivity index (χ1) is 9.67. The zero-order valence-electron chi connectivity index (χ0n) is 12.6. The SMILES string of the molecule is CCCOc1cccc(NCc2cc(C)cc(C)c2)c1. The van der Waals surface area contributed by atoms with Crippen LogP contribution in [0.15, 0.2) is 42.5 Å². The second-order valence-electron chi connectivity index (χ2n) is 5.23. The normalized spacial score (nSPS) is 10.3. The summed E-state index contributed by atoms with van der Waals surface area (Å²) in [5.41, 5.74) is 5.02. The van der Waals surface area contributed by atoms with Gasteiger partial charge in [0.05, 0.1) is 6.61 Å². The highest BCUT2D eigenvalue weighted by Gasteiger charge is 1.99. The van der Waals surface area contributed by atoms with Gasteiger partial charge in [0.1, 0.15) is 5.75 Å². The van der Waals surface area contributed by atoms with Crippen LogP contribution in [-0.4, -0.2) is 6.61 Å². The van der Waals surface area contributed by atoms with Crippen molar-refractivity contribution in [1.82, 2.24) is 0 Å². The number of aryl methyl sites for hydroxylation is 2. The molecule has 0 aromatic heterocycles. The lowest BCUT2D eigenvalue weighted by atomic mass is 10.1. The Morgan fingerprint density at radius 3 is 2.45 bits per heavy atom. The Labute approximate surface area is 121 Å².